The van der Waals surface area contributed by atoms with Crippen molar-refractivity contribution in [2.24, 2.45) is 56.7 Å². The topological polar surface area (TPSA) is 77.5 Å². The molecule has 7 nitrogen and oxygen atoms in total. The Morgan fingerprint density at radius 2 is 1.71 bits per heavy atom. The van der Waals surface area contributed by atoms with Crippen molar-refractivity contribution < 1.29 is 28.8 Å². The minimum Gasteiger partial charge on any atom is -0.457 e. The van der Waals surface area contributed by atoms with Crippen molar-refractivity contribution in [3.63, 3.8) is 0 Å². The monoisotopic (exact) mass is 629 g/mol. The van der Waals surface area contributed by atoms with E-state index in [0.717, 1.165) is 32.5 Å². The molecule has 2 saturated heterocycles. The fourth-order valence-electron chi connectivity index (χ4n) is 14.1. The Kier molecular flexibility index (Phi) is 7.57. The number of esters is 1. The van der Waals surface area contributed by atoms with E-state index in [0.29, 0.717) is 40.4 Å². The summed E-state index contributed by atoms with van der Waals surface area (Å²) in [5.41, 5.74) is 0.240. The molecule has 2 spiro atoms. The lowest BCUT2D eigenvalue weighted by Crippen LogP contribution is -2.59. The highest BCUT2D eigenvalue weighted by molar-refractivity contribution is 5.66. The van der Waals surface area contributed by atoms with Gasteiger partial charge >= 0.3 is 5.97 Å². The van der Waals surface area contributed by atoms with Crippen LogP contribution < -0.4 is 0 Å². The van der Waals surface area contributed by atoms with Gasteiger partial charge in [0.15, 0.2) is 12.4 Å². The lowest BCUT2D eigenvalue weighted by atomic mass is 9.40. The molecule has 2 aliphatic heterocycles. The van der Waals surface area contributed by atoms with E-state index < -0.39 is 11.7 Å². The van der Waals surface area contributed by atoms with Gasteiger partial charge in [-0.3, -0.25) is 9.69 Å². The predicted octanol–water partition coefficient (Wildman–Crippen LogP) is 6.45. The van der Waals surface area contributed by atoms with Gasteiger partial charge in [0.05, 0.1) is 30.5 Å². The summed E-state index contributed by atoms with van der Waals surface area (Å²) in [4.78, 5) is 14.4. The van der Waals surface area contributed by atoms with Gasteiger partial charge in [0, 0.05) is 20.0 Å². The quantitative estimate of drug-likeness (QED) is 0.350. The molecule has 0 aromatic rings. The van der Waals surface area contributed by atoms with E-state index in [1.54, 1.807) is 13.8 Å². The molecule has 1 N–H and O–H groups in total. The zero-order valence-electron chi connectivity index (χ0n) is 30.0. The third-order valence-corrected chi connectivity index (χ3v) is 16.2. The lowest BCUT2D eigenvalue weighted by Gasteiger charge is -2.64. The van der Waals surface area contributed by atoms with Crippen LogP contribution in [0, 0.1) is 56.7 Å². The van der Waals surface area contributed by atoms with E-state index in [-0.39, 0.29) is 46.8 Å². The Morgan fingerprint density at radius 1 is 1.02 bits per heavy atom. The lowest BCUT2D eigenvalue weighted by molar-refractivity contribution is -0.246. The van der Waals surface area contributed by atoms with Gasteiger partial charge in [-0.25, -0.2) is 0 Å². The van der Waals surface area contributed by atoms with Gasteiger partial charge in [0.1, 0.15) is 0 Å². The number of aliphatic hydroxyl groups is 1. The maximum absolute atomic E-state index is 12.1. The Bertz CT molecular complexity index is 1180. The van der Waals surface area contributed by atoms with Crippen LogP contribution in [0.5, 0.6) is 0 Å². The Labute approximate surface area is 272 Å². The van der Waals surface area contributed by atoms with Crippen LogP contribution in [-0.4, -0.2) is 79.0 Å². The number of carbonyl (C=O) groups excluding carboxylic acids is 1. The second-order valence-corrected chi connectivity index (χ2v) is 18.8. The molecule has 5 unspecified atom stereocenters. The molecule has 7 rings (SSSR count). The predicted molar refractivity (Wildman–Crippen MR) is 173 cm³/mol. The molecule has 0 aromatic heterocycles. The van der Waals surface area contributed by atoms with Crippen LogP contribution in [0.1, 0.15) is 114 Å². The van der Waals surface area contributed by atoms with E-state index in [9.17, 15) is 9.90 Å². The van der Waals surface area contributed by atoms with Crippen LogP contribution in [0.3, 0.4) is 0 Å². The average Bonchev–Trinajstić information content (AvgIpc) is 3.57. The highest BCUT2D eigenvalue weighted by Crippen LogP contribution is 2.90. The van der Waals surface area contributed by atoms with Crippen molar-refractivity contribution in [1.29, 1.82) is 0 Å². The molecule has 0 radical (unpaired) electrons. The van der Waals surface area contributed by atoms with Crippen molar-refractivity contribution in [3.8, 4) is 0 Å². The average molecular weight is 630 g/mol. The smallest absolute Gasteiger partial charge is 0.303 e. The summed E-state index contributed by atoms with van der Waals surface area (Å²) in [5.74, 6) is 2.37. The number of morpholine rings is 1. The van der Waals surface area contributed by atoms with Gasteiger partial charge in [-0.1, -0.05) is 41.5 Å². The number of hydrogen-bond acceptors (Lipinski definition) is 7. The van der Waals surface area contributed by atoms with E-state index in [4.69, 9.17) is 18.9 Å². The Balaban J connectivity index is 1.15. The first-order chi connectivity index (χ1) is 20.9. The van der Waals surface area contributed by atoms with Crippen molar-refractivity contribution in [2.75, 3.05) is 26.7 Å². The van der Waals surface area contributed by atoms with Gasteiger partial charge in [-0.2, -0.15) is 0 Å². The number of likely N-dealkylation sites (N-methyl/N-ethyl adjacent to an activating group) is 1. The van der Waals surface area contributed by atoms with Crippen LogP contribution in [-0.2, 0) is 23.7 Å². The SMILES string of the molecule is CC(=O)O[C@@H](C1C[C@@H](C)[C@H]2C(O1)[C@H](C)[C@@]1(C)C3CC[C@H]4C(C)(C)[C@@H](OC5CN(C)CCO5)CCC45C[C@@]35CC[C@]21C)C(C)(C)O. The molecule has 45 heavy (non-hydrogen) atoms. The number of nitrogens with zero attached hydrogens (tertiary/aromatic N) is 1. The summed E-state index contributed by atoms with van der Waals surface area (Å²) in [7, 11) is 2.17. The van der Waals surface area contributed by atoms with E-state index in [2.05, 4.69) is 53.5 Å². The second kappa shape index (κ2) is 10.4. The van der Waals surface area contributed by atoms with Crippen LogP contribution in [0.25, 0.3) is 0 Å². The third-order valence-electron chi connectivity index (χ3n) is 16.2. The molecule has 7 aliphatic rings. The number of rotatable bonds is 5. The molecular formula is C38H63NO6. The first-order valence-corrected chi connectivity index (χ1v) is 18.4. The molecule has 5 aliphatic carbocycles. The van der Waals surface area contributed by atoms with E-state index in [1.807, 2.05) is 0 Å². The second-order valence-electron chi connectivity index (χ2n) is 18.8. The summed E-state index contributed by atoms with van der Waals surface area (Å²) in [6.45, 7) is 22.7. The van der Waals surface area contributed by atoms with E-state index >= 15 is 0 Å². The van der Waals surface area contributed by atoms with Crippen molar-refractivity contribution >= 4 is 5.97 Å². The minimum absolute atomic E-state index is 0.105. The van der Waals surface area contributed by atoms with Crippen LogP contribution >= 0.6 is 0 Å². The van der Waals surface area contributed by atoms with Gasteiger partial charge in [-0.15, -0.1) is 0 Å². The highest BCUT2D eigenvalue weighted by Gasteiger charge is 2.84. The highest BCUT2D eigenvalue weighted by atomic mass is 16.7. The Morgan fingerprint density at radius 3 is 2.38 bits per heavy atom. The summed E-state index contributed by atoms with van der Waals surface area (Å²) < 4.78 is 25.8. The molecule has 0 aromatic carbocycles. The van der Waals surface area contributed by atoms with Crippen molar-refractivity contribution in [3.05, 3.63) is 0 Å². The van der Waals surface area contributed by atoms with Gasteiger partial charge < -0.3 is 24.1 Å². The summed E-state index contributed by atoms with van der Waals surface area (Å²) in [5, 5.41) is 11.1. The van der Waals surface area contributed by atoms with Gasteiger partial charge in [0.25, 0.3) is 0 Å². The van der Waals surface area contributed by atoms with Crippen LogP contribution in [0.15, 0.2) is 0 Å². The molecule has 7 heteroatoms. The van der Waals surface area contributed by atoms with Crippen LogP contribution in [0.2, 0.25) is 0 Å². The first kappa shape index (κ1) is 32.8. The standard InChI is InChI=1S/C38H63NO6/c1-22-19-25(32(34(6,7)41)43-24(3)40)44-31-23(2)36(9)27-12-11-26-33(4,5)28(45-29-20-39(10)17-18-42-29)13-14-37(26)21-38(27,37)16-15-35(36,8)30(22)31/h22-23,25-32,41H,11-21H2,1-10H3/t22-,23+,25?,26+,27?,28+,29?,30+,31?,32+,35-,36+,37?,38+/m1/s1. The van der Waals surface area contributed by atoms with Gasteiger partial charge in [-0.05, 0) is 129 Å². The summed E-state index contributed by atoms with van der Waals surface area (Å²) >= 11 is 0. The molecule has 0 bridgehead atoms. The third kappa shape index (κ3) is 4.41. The van der Waals surface area contributed by atoms with Gasteiger partial charge in [0.2, 0.25) is 0 Å². The van der Waals surface area contributed by atoms with Crippen molar-refractivity contribution in [2.45, 2.75) is 150 Å². The maximum atomic E-state index is 12.1. The molecule has 2 heterocycles. The van der Waals surface area contributed by atoms with E-state index in [1.165, 1.54) is 45.4 Å². The normalized spacial score (nSPS) is 52.8. The Hall–Kier alpha value is -0.730. The zero-order valence-corrected chi connectivity index (χ0v) is 30.0. The minimum atomic E-state index is -1.16. The largest absolute Gasteiger partial charge is 0.457 e. The summed E-state index contributed by atoms with van der Waals surface area (Å²) in [6, 6.07) is 0. The maximum Gasteiger partial charge on any atom is 0.303 e. The molecule has 14 atom stereocenters. The fourth-order valence-corrected chi connectivity index (χ4v) is 14.1. The fraction of sp³-hybridized carbons (Fsp3) is 0.974. The van der Waals surface area contributed by atoms with Crippen LogP contribution in [0.4, 0.5) is 0 Å². The molecule has 5 saturated carbocycles. The molecule has 7 fully saturated rings. The summed E-state index contributed by atoms with van der Waals surface area (Å²) in [6.07, 6.45) is 9.19. The zero-order chi connectivity index (χ0) is 32.5. The number of ether oxygens (including phenoxy) is 4. The molecule has 256 valence electrons. The molecule has 0 amide bonds. The number of carbonyl (C=O) groups is 1. The first-order valence-electron chi connectivity index (χ1n) is 18.4. The molecular weight excluding hydrogens is 566 g/mol. The number of fused-ring (bicyclic) bond motifs is 4. The number of hydrogen-bond donors (Lipinski definition) is 1. The van der Waals surface area contributed by atoms with Crippen molar-refractivity contribution in [1.82, 2.24) is 4.90 Å².